The average molecular weight is 229 g/mol. The lowest BCUT2D eigenvalue weighted by Gasteiger charge is -2.10. The van der Waals surface area contributed by atoms with Crippen LogP contribution >= 0.6 is 0 Å². The monoisotopic (exact) mass is 229 g/mol. The van der Waals surface area contributed by atoms with E-state index in [1.807, 2.05) is 0 Å². The van der Waals surface area contributed by atoms with Crippen LogP contribution < -0.4 is 0 Å². The van der Waals surface area contributed by atoms with Gasteiger partial charge in [-0.2, -0.15) is 13.2 Å². The van der Waals surface area contributed by atoms with Crippen molar-refractivity contribution < 1.29 is 18.0 Å². The zero-order valence-electron chi connectivity index (χ0n) is 8.58. The molecule has 0 fully saturated rings. The summed E-state index contributed by atoms with van der Waals surface area (Å²) in [4.78, 5) is 13.3. The summed E-state index contributed by atoms with van der Waals surface area (Å²) >= 11 is 0. The molecule has 0 bridgehead atoms. The maximum absolute atomic E-state index is 12.3. The molecule has 0 aliphatic carbocycles. The average Bonchev–Trinajstić information content (AvgIpc) is 2.25. The molecule has 0 aromatic heterocycles. The van der Waals surface area contributed by atoms with E-state index < -0.39 is 11.7 Å². The van der Waals surface area contributed by atoms with Crippen molar-refractivity contribution in [3.8, 4) is 0 Å². The van der Waals surface area contributed by atoms with Crippen LogP contribution in [-0.2, 0) is 11.0 Å². The van der Waals surface area contributed by atoms with E-state index in [2.05, 4.69) is 4.99 Å². The SMILES string of the molecule is CC(CN=C=O)c1ccc(C(F)(F)F)cc1. The first kappa shape index (κ1) is 12.5. The van der Waals surface area contributed by atoms with E-state index in [1.165, 1.54) is 18.2 Å². The maximum atomic E-state index is 12.3. The molecule has 86 valence electrons. The van der Waals surface area contributed by atoms with E-state index in [1.54, 1.807) is 6.92 Å². The fraction of sp³-hybridized carbons (Fsp3) is 0.364. The summed E-state index contributed by atoms with van der Waals surface area (Å²) in [6.45, 7) is 2.01. The number of halogens is 3. The third kappa shape index (κ3) is 3.21. The Hall–Kier alpha value is -1.61. The second kappa shape index (κ2) is 4.94. The first-order valence-corrected chi connectivity index (χ1v) is 4.66. The zero-order chi connectivity index (χ0) is 12.2. The third-order valence-corrected chi connectivity index (χ3v) is 2.24. The number of benzene rings is 1. The van der Waals surface area contributed by atoms with Crippen molar-refractivity contribution in [2.24, 2.45) is 4.99 Å². The Balaban J connectivity index is 2.82. The van der Waals surface area contributed by atoms with E-state index in [0.29, 0.717) is 5.56 Å². The van der Waals surface area contributed by atoms with Gasteiger partial charge in [0.15, 0.2) is 0 Å². The third-order valence-electron chi connectivity index (χ3n) is 2.24. The highest BCUT2D eigenvalue weighted by molar-refractivity contribution is 5.33. The summed E-state index contributed by atoms with van der Waals surface area (Å²) in [5, 5.41) is 0. The lowest BCUT2D eigenvalue weighted by atomic mass is 10.00. The molecule has 0 aliphatic rings. The van der Waals surface area contributed by atoms with Crippen LogP contribution in [-0.4, -0.2) is 12.6 Å². The first-order valence-electron chi connectivity index (χ1n) is 4.66. The minimum absolute atomic E-state index is 0.0938. The van der Waals surface area contributed by atoms with E-state index in [0.717, 1.165) is 12.1 Å². The van der Waals surface area contributed by atoms with Gasteiger partial charge in [0.2, 0.25) is 6.08 Å². The number of hydrogen-bond donors (Lipinski definition) is 0. The lowest BCUT2D eigenvalue weighted by molar-refractivity contribution is -0.137. The van der Waals surface area contributed by atoms with Crippen LogP contribution in [0, 0.1) is 0 Å². The van der Waals surface area contributed by atoms with Gasteiger partial charge in [-0.05, 0) is 17.7 Å². The second-order valence-corrected chi connectivity index (χ2v) is 3.45. The van der Waals surface area contributed by atoms with Crippen LogP contribution in [0.15, 0.2) is 29.3 Å². The molecule has 1 unspecified atom stereocenters. The first-order chi connectivity index (χ1) is 7.45. The largest absolute Gasteiger partial charge is 0.416 e. The molecule has 1 aromatic carbocycles. The van der Waals surface area contributed by atoms with Gasteiger partial charge in [0.05, 0.1) is 12.1 Å². The normalized spacial score (nSPS) is 13.0. The van der Waals surface area contributed by atoms with Crippen LogP contribution in [0.2, 0.25) is 0 Å². The summed E-state index contributed by atoms with van der Waals surface area (Å²) in [6.07, 6.45) is -2.92. The lowest BCUT2D eigenvalue weighted by Crippen LogP contribution is -2.05. The number of hydrogen-bond acceptors (Lipinski definition) is 2. The predicted octanol–water partition coefficient (Wildman–Crippen LogP) is 3.14. The van der Waals surface area contributed by atoms with Gasteiger partial charge in [-0.3, -0.25) is 0 Å². The minimum atomic E-state index is -4.32. The summed E-state index contributed by atoms with van der Waals surface area (Å²) in [6, 6.07) is 4.84. The highest BCUT2D eigenvalue weighted by Crippen LogP contribution is 2.30. The summed E-state index contributed by atoms with van der Waals surface area (Å²) < 4.78 is 36.8. The number of nitrogens with zero attached hydrogens (tertiary/aromatic N) is 1. The molecule has 0 heterocycles. The molecule has 16 heavy (non-hydrogen) atoms. The smallest absolute Gasteiger partial charge is 0.211 e. The number of rotatable bonds is 3. The van der Waals surface area contributed by atoms with Gasteiger partial charge >= 0.3 is 6.18 Å². The molecular weight excluding hydrogens is 219 g/mol. The van der Waals surface area contributed by atoms with Crippen molar-refractivity contribution in [1.82, 2.24) is 0 Å². The number of isocyanates is 1. The van der Waals surface area contributed by atoms with Gasteiger partial charge in [-0.15, -0.1) is 0 Å². The van der Waals surface area contributed by atoms with Crippen molar-refractivity contribution in [1.29, 1.82) is 0 Å². The molecule has 1 atom stereocenters. The van der Waals surface area contributed by atoms with Crippen molar-refractivity contribution >= 4 is 6.08 Å². The summed E-state index contributed by atoms with van der Waals surface area (Å²) in [7, 11) is 0. The molecule has 0 radical (unpaired) electrons. The number of aliphatic imine (C=N–C) groups is 1. The molecule has 5 heteroatoms. The minimum Gasteiger partial charge on any atom is -0.211 e. The summed E-state index contributed by atoms with van der Waals surface area (Å²) in [5.41, 5.74) is 0.0364. The van der Waals surface area contributed by atoms with Gasteiger partial charge in [-0.25, -0.2) is 9.79 Å². The Morgan fingerprint density at radius 3 is 2.31 bits per heavy atom. The molecule has 0 saturated carbocycles. The van der Waals surface area contributed by atoms with Crippen LogP contribution in [0.25, 0.3) is 0 Å². The Morgan fingerprint density at radius 2 is 1.88 bits per heavy atom. The summed E-state index contributed by atoms with van der Waals surface area (Å²) in [5.74, 6) is -0.0938. The van der Waals surface area contributed by atoms with Gasteiger partial charge in [0.25, 0.3) is 0 Å². The van der Waals surface area contributed by atoms with Gasteiger partial charge in [0.1, 0.15) is 0 Å². The zero-order valence-corrected chi connectivity index (χ0v) is 8.58. The molecule has 0 aliphatic heterocycles. The fourth-order valence-corrected chi connectivity index (χ4v) is 1.28. The Kier molecular flexibility index (Phi) is 3.85. The van der Waals surface area contributed by atoms with Crippen LogP contribution in [0.4, 0.5) is 13.2 Å². The van der Waals surface area contributed by atoms with Crippen molar-refractivity contribution in [3.05, 3.63) is 35.4 Å². The van der Waals surface area contributed by atoms with Crippen LogP contribution in [0.1, 0.15) is 24.0 Å². The molecular formula is C11H10F3NO. The predicted molar refractivity (Wildman–Crippen MR) is 52.8 cm³/mol. The fourth-order valence-electron chi connectivity index (χ4n) is 1.28. The Morgan fingerprint density at radius 1 is 1.31 bits per heavy atom. The van der Waals surface area contributed by atoms with E-state index in [4.69, 9.17) is 0 Å². The van der Waals surface area contributed by atoms with E-state index >= 15 is 0 Å². The topological polar surface area (TPSA) is 29.4 Å². The molecule has 1 rings (SSSR count). The molecule has 0 N–H and O–H groups in total. The van der Waals surface area contributed by atoms with Gasteiger partial charge in [0, 0.05) is 5.92 Å². The van der Waals surface area contributed by atoms with Crippen LogP contribution in [0.5, 0.6) is 0 Å². The molecule has 0 saturated heterocycles. The van der Waals surface area contributed by atoms with Crippen molar-refractivity contribution in [3.63, 3.8) is 0 Å². The van der Waals surface area contributed by atoms with Crippen molar-refractivity contribution in [2.75, 3.05) is 6.54 Å². The highest BCUT2D eigenvalue weighted by Gasteiger charge is 2.30. The highest BCUT2D eigenvalue weighted by atomic mass is 19.4. The number of alkyl halides is 3. The Labute approximate surface area is 90.8 Å². The second-order valence-electron chi connectivity index (χ2n) is 3.45. The quantitative estimate of drug-likeness (QED) is 0.578. The van der Waals surface area contributed by atoms with Gasteiger partial charge < -0.3 is 0 Å². The molecule has 2 nitrogen and oxygen atoms in total. The van der Waals surface area contributed by atoms with Crippen molar-refractivity contribution in [2.45, 2.75) is 19.0 Å². The Bertz CT molecular complexity index is 391. The number of carbonyl (C=O) groups excluding carboxylic acids is 1. The van der Waals surface area contributed by atoms with Crippen LogP contribution in [0.3, 0.4) is 0 Å². The molecule has 1 aromatic rings. The standard InChI is InChI=1S/C11H10F3NO/c1-8(6-15-7-16)9-2-4-10(5-3-9)11(12,13)14/h2-5,8H,6H2,1H3. The molecule has 0 spiro atoms. The van der Waals surface area contributed by atoms with Gasteiger partial charge in [-0.1, -0.05) is 19.1 Å². The van der Waals surface area contributed by atoms with E-state index in [9.17, 15) is 18.0 Å². The molecule has 0 amide bonds. The maximum Gasteiger partial charge on any atom is 0.416 e. The van der Waals surface area contributed by atoms with E-state index in [-0.39, 0.29) is 12.5 Å².